The average Bonchev–Trinajstić information content (AvgIpc) is 3.00. The number of methoxy groups -OCH3 is 1. The molecule has 5 heteroatoms. The summed E-state index contributed by atoms with van der Waals surface area (Å²) in [5.41, 5.74) is 2.51. The van der Waals surface area contributed by atoms with E-state index in [1.165, 1.54) is 21.0 Å². The maximum absolute atomic E-state index is 5.20. The van der Waals surface area contributed by atoms with Gasteiger partial charge < -0.3 is 15.0 Å². The maximum Gasteiger partial charge on any atom is 0.198 e. The van der Waals surface area contributed by atoms with Gasteiger partial charge in [-0.2, -0.15) is 0 Å². The predicted molar refractivity (Wildman–Crippen MR) is 89.9 cm³/mol. The standard InChI is InChI=1S/C17H17N3OS/c1-21-13-3-6-14(7-4-13)22-15-5-2-12-11-20-9-8-18-17(20)19-16(12)10-15/h2-7,10H,8-9,11H2,1H3,(H,18,19). The monoisotopic (exact) mass is 311 g/mol. The van der Waals surface area contributed by atoms with Crippen LogP contribution in [0.2, 0.25) is 0 Å². The van der Waals surface area contributed by atoms with Crippen LogP contribution in [0.1, 0.15) is 5.56 Å². The Morgan fingerprint density at radius 3 is 2.77 bits per heavy atom. The first-order valence-electron chi connectivity index (χ1n) is 7.33. The van der Waals surface area contributed by atoms with Gasteiger partial charge in [0.15, 0.2) is 5.96 Å². The van der Waals surface area contributed by atoms with Gasteiger partial charge in [0.05, 0.1) is 13.7 Å². The van der Waals surface area contributed by atoms with Crippen LogP contribution in [0.5, 0.6) is 5.75 Å². The van der Waals surface area contributed by atoms with E-state index in [0.717, 1.165) is 31.3 Å². The fraction of sp³-hybridized carbons (Fsp3) is 0.235. The van der Waals surface area contributed by atoms with Gasteiger partial charge in [-0.1, -0.05) is 17.8 Å². The summed E-state index contributed by atoms with van der Waals surface area (Å²) in [6, 6.07) is 14.8. The summed E-state index contributed by atoms with van der Waals surface area (Å²) < 4.78 is 5.20. The van der Waals surface area contributed by atoms with Gasteiger partial charge in [-0.05, 0) is 42.0 Å². The highest BCUT2D eigenvalue weighted by Gasteiger charge is 2.23. The molecular formula is C17H17N3OS. The topological polar surface area (TPSA) is 36.9 Å². The van der Waals surface area contributed by atoms with Gasteiger partial charge >= 0.3 is 0 Å². The lowest BCUT2D eigenvalue weighted by molar-refractivity contribution is 0.414. The van der Waals surface area contributed by atoms with Crippen LogP contribution < -0.4 is 10.1 Å². The molecule has 0 bridgehead atoms. The van der Waals surface area contributed by atoms with Crippen LogP contribution >= 0.6 is 11.8 Å². The summed E-state index contributed by atoms with van der Waals surface area (Å²) in [5.74, 6) is 1.90. The molecule has 0 saturated heterocycles. The van der Waals surface area contributed by atoms with Gasteiger partial charge in [0.1, 0.15) is 5.75 Å². The second-order valence-corrected chi connectivity index (χ2v) is 6.50. The fourth-order valence-corrected chi connectivity index (χ4v) is 3.59. The number of anilines is 1. The summed E-state index contributed by atoms with van der Waals surface area (Å²) in [6.07, 6.45) is 0. The van der Waals surface area contributed by atoms with Gasteiger partial charge in [-0.3, -0.25) is 4.99 Å². The Morgan fingerprint density at radius 1 is 1.14 bits per heavy atom. The molecule has 2 heterocycles. The molecule has 0 aromatic heterocycles. The third kappa shape index (κ3) is 2.52. The molecule has 2 aliphatic heterocycles. The third-order valence-electron chi connectivity index (χ3n) is 3.92. The molecule has 0 amide bonds. The number of hydrogen-bond acceptors (Lipinski definition) is 5. The van der Waals surface area contributed by atoms with Crippen LogP contribution in [0.4, 0.5) is 5.69 Å². The quantitative estimate of drug-likeness (QED) is 0.942. The summed E-state index contributed by atoms with van der Waals surface area (Å²) in [4.78, 5) is 9.22. The van der Waals surface area contributed by atoms with Crippen molar-refractivity contribution in [3.05, 3.63) is 48.0 Å². The van der Waals surface area contributed by atoms with E-state index in [1.807, 2.05) is 12.1 Å². The Bertz CT molecular complexity index is 727. The molecule has 0 radical (unpaired) electrons. The first kappa shape index (κ1) is 13.5. The summed E-state index contributed by atoms with van der Waals surface area (Å²) in [5, 5.41) is 3.45. The molecule has 1 N–H and O–H groups in total. The van der Waals surface area contributed by atoms with E-state index in [1.54, 1.807) is 18.9 Å². The second kappa shape index (κ2) is 5.57. The lowest BCUT2D eigenvalue weighted by atomic mass is 10.1. The van der Waals surface area contributed by atoms with E-state index in [4.69, 9.17) is 4.74 Å². The van der Waals surface area contributed by atoms with E-state index in [0.29, 0.717) is 0 Å². The molecule has 0 saturated carbocycles. The normalized spacial score (nSPS) is 15.7. The molecular weight excluding hydrogens is 294 g/mol. The smallest absolute Gasteiger partial charge is 0.198 e. The number of guanidine groups is 1. The molecule has 0 atom stereocenters. The maximum atomic E-state index is 5.20. The van der Waals surface area contributed by atoms with Crippen molar-refractivity contribution in [2.75, 3.05) is 25.5 Å². The Kier molecular flexibility index (Phi) is 3.42. The molecule has 2 aromatic carbocycles. The number of hydrogen-bond donors (Lipinski definition) is 1. The van der Waals surface area contributed by atoms with E-state index in [-0.39, 0.29) is 0 Å². The molecule has 112 valence electrons. The van der Waals surface area contributed by atoms with E-state index >= 15 is 0 Å². The minimum Gasteiger partial charge on any atom is -0.497 e. The number of ether oxygens (including phenoxy) is 1. The minimum atomic E-state index is 0.885. The molecule has 2 aliphatic rings. The number of aliphatic imine (C=N–C) groups is 1. The summed E-state index contributed by atoms with van der Waals surface area (Å²) in [7, 11) is 1.69. The average molecular weight is 311 g/mol. The van der Waals surface area contributed by atoms with Crippen molar-refractivity contribution in [1.82, 2.24) is 4.90 Å². The van der Waals surface area contributed by atoms with Gasteiger partial charge in [0.25, 0.3) is 0 Å². The zero-order valence-corrected chi connectivity index (χ0v) is 13.2. The van der Waals surface area contributed by atoms with Gasteiger partial charge in [0, 0.05) is 28.6 Å². The van der Waals surface area contributed by atoms with Crippen molar-refractivity contribution in [2.24, 2.45) is 4.99 Å². The van der Waals surface area contributed by atoms with E-state index in [2.05, 4.69) is 45.5 Å². The van der Waals surface area contributed by atoms with Crippen molar-refractivity contribution in [3.8, 4) is 5.75 Å². The van der Waals surface area contributed by atoms with Crippen LogP contribution in [-0.2, 0) is 6.54 Å². The number of rotatable bonds is 3. The summed E-state index contributed by atoms with van der Waals surface area (Å²) >= 11 is 1.76. The largest absolute Gasteiger partial charge is 0.497 e. The molecule has 4 rings (SSSR count). The van der Waals surface area contributed by atoms with Gasteiger partial charge in [0.2, 0.25) is 0 Å². The lowest BCUT2D eigenvalue weighted by Crippen LogP contribution is -2.36. The fourth-order valence-electron chi connectivity index (χ4n) is 2.73. The van der Waals surface area contributed by atoms with Crippen molar-refractivity contribution < 1.29 is 4.74 Å². The van der Waals surface area contributed by atoms with Crippen molar-refractivity contribution >= 4 is 23.4 Å². The zero-order valence-electron chi connectivity index (χ0n) is 12.4. The molecule has 0 spiro atoms. The second-order valence-electron chi connectivity index (χ2n) is 5.35. The zero-order chi connectivity index (χ0) is 14.9. The highest BCUT2D eigenvalue weighted by molar-refractivity contribution is 7.99. The van der Waals surface area contributed by atoms with Crippen molar-refractivity contribution in [1.29, 1.82) is 0 Å². The molecule has 0 aliphatic carbocycles. The van der Waals surface area contributed by atoms with Crippen LogP contribution in [-0.4, -0.2) is 31.1 Å². The van der Waals surface area contributed by atoms with Crippen molar-refractivity contribution in [3.63, 3.8) is 0 Å². The lowest BCUT2D eigenvalue weighted by Gasteiger charge is -2.28. The molecule has 0 unspecified atom stereocenters. The number of benzene rings is 2. The van der Waals surface area contributed by atoms with Crippen molar-refractivity contribution in [2.45, 2.75) is 16.3 Å². The highest BCUT2D eigenvalue weighted by Crippen LogP contribution is 2.34. The molecule has 4 nitrogen and oxygen atoms in total. The Labute approximate surface area is 134 Å². The number of fused-ring (bicyclic) bond motifs is 2. The van der Waals surface area contributed by atoms with Crippen LogP contribution in [0.25, 0.3) is 0 Å². The highest BCUT2D eigenvalue weighted by atomic mass is 32.2. The van der Waals surface area contributed by atoms with Crippen LogP contribution in [0.3, 0.4) is 0 Å². The van der Waals surface area contributed by atoms with Gasteiger partial charge in [-0.15, -0.1) is 0 Å². The first-order chi connectivity index (χ1) is 10.8. The third-order valence-corrected chi connectivity index (χ3v) is 4.91. The van der Waals surface area contributed by atoms with E-state index in [9.17, 15) is 0 Å². The molecule has 2 aromatic rings. The molecule has 22 heavy (non-hydrogen) atoms. The predicted octanol–water partition coefficient (Wildman–Crippen LogP) is 3.44. The summed E-state index contributed by atoms with van der Waals surface area (Å²) in [6.45, 7) is 2.86. The Morgan fingerprint density at radius 2 is 1.95 bits per heavy atom. The Hall–Kier alpha value is -2.14. The minimum absolute atomic E-state index is 0.885. The van der Waals surface area contributed by atoms with Gasteiger partial charge in [-0.25, -0.2) is 0 Å². The van der Waals surface area contributed by atoms with E-state index < -0.39 is 0 Å². The van der Waals surface area contributed by atoms with Crippen LogP contribution in [0, 0.1) is 0 Å². The molecule has 0 fully saturated rings. The number of nitrogens with one attached hydrogen (secondary N) is 1. The van der Waals surface area contributed by atoms with Crippen LogP contribution in [0.15, 0.2) is 57.2 Å². The number of nitrogens with zero attached hydrogens (tertiary/aromatic N) is 2. The Balaban J connectivity index is 1.56. The SMILES string of the molecule is COc1ccc(Sc2ccc3c(c2)NC2=NCCN2C3)cc1. The first-order valence-corrected chi connectivity index (χ1v) is 8.15.